The van der Waals surface area contributed by atoms with Crippen molar-refractivity contribution in [1.82, 2.24) is 19.9 Å². The molecule has 164 valence electrons. The Morgan fingerprint density at radius 1 is 1.19 bits per heavy atom. The van der Waals surface area contributed by atoms with E-state index in [1.54, 1.807) is 12.4 Å². The van der Waals surface area contributed by atoms with Crippen LogP contribution < -0.4 is 10.2 Å². The first-order valence-corrected chi connectivity index (χ1v) is 12.4. The van der Waals surface area contributed by atoms with Crippen LogP contribution in [0.15, 0.2) is 23.4 Å². The zero-order valence-electron chi connectivity index (χ0n) is 17.2. The Kier molecular flexibility index (Phi) is 5.66. The van der Waals surface area contributed by atoms with Crippen LogP contribution in [0.2, 0.25) is 5.02 Å². The van der Waals surface area contributed by atoms with Crippen molar-refractivity contribution < 1.29 is 9.32 Å². The van der Waals surface area contributed by atoms with E-state index in [2.05, 4.69) is 26.3 Å². The summed E-state index contributed by atoms with van der Waals surface area (Å²) >= 11 is 5.89. The lowest BCUT2D eigenvalue weighted by Crippen LogP contribution is -2.40. The second kappa shape index (κ2) is 8.44. The Labute approximate surface area is 188 Å². The van der Waals surface area contributed by atoms with Crippen LogP contribution >= 0.6 is 11.6 Å². The summed E-state index contributed by atoms with van der Waals surface area (Å²) in [4.78, 5) is 21.0. The van der Waals surface area contributed by atoms with E-state index in [0.29, 0.717) is 46.2 Å². The smallest absolute Gasteiger partial charge is 0.227 e. The predicted molar refractivity (Wildman–Crippen MR) is 121 cm³/mol. The summed E-state index contributed by atoms with van der Waals surface area (Å²) < 4.78 is 12.6. The number of nitrogens with zero attached hydrogens (tertiary/aromatic N) is 5. The van der Waals surface area contributed by atoms with Crippen LogP contribution in [0.3, 0.4) is 0 Å². The van der Waals surface area contributed by atoms with Gasteiger partial charge in [-0.3, -0.25) is 4.21 Å². The first kappa shape index (κ1) is 20.8. The maximum atomic E-state index is 12.6. The van der Waals surface area contributed by atoms with Gasteiger partial charge in [-0.2, -0.15) is 4.98 Å². The quantitative estimate of drug-likeness (QED) is 0.701. The maximum absolute atomic E-state index is 12.6. The number of anilines is 2. The van der Waals surface area contributed by atoms with Gasteiger partial charge < -0.3 is 15.3 Å². The molecule has 31 heavy (non-hydrogen) atoms. The molecule has 0 amide bonds. The first-order valence-electron chi connectivity index (χ1n) is 10.7. The molecule has 2 aliphatic heterocycles. The second-order valence-corrected chi connectivity index (χ2v) is 10.3. The minimum Gasteiger partial charge on any atom is -0.394 e. The van der Waals surface area contributed by atoms with Crippen LogP contribution in [0, 0.1) is 0 Å². The molecule has 8 nitrogen and oxygen atoms in total. The van der Waals surface area contributed by atoms with E-state index in [9.17, 15) is 9.32 Å². The summed E-state index contributed by atoms with van der Waals surface area (Å²) in [5, 5.41) is 14.1. The number of rotatable bonds is 5. The third-order valence-electron chi connectivity index (χ3n) is 6.32. The Bertz CT molecular complexity index is 1040. The van der Waals surface area contributed by atoms with Crippen molar-refractivity contribution in [3.8, 4) is 0 Å². The van der Waals surface area contributed by atoms with Gasteiger partial charge in [0.15, 0.2) is 5.82 Å². The van der Waals surface area contributed by atoms with Gasteiger partial charge in [0.1, 0.15) is 10.7 Å². The molecule has 0 saturated heterocycles. The molecule has 1 fully saturated rings. The molecule has 1 atom stereocenters. The summed E-state index contributed by atoms with van der Waals surface area (Å²) in [6, 6.07) is 0. The molecule has 2 aromatic rings. The van der Waals surface area contributed by atoms with Crippen molar-refractivity contribution in [2.75, 3.05) is 35.7 Å². The van der Waals surface area contributed by atoms with Crippen molar-refractivity contribution >= 4 is 39.7 Å². The molecule has 0 radical (unpaired) electrons. The number of aliphatic hydroxyl groups excluding tert-OH is 1. The minimum absolute atomic E-state index is 0.0463. The largest absolute Gasteiger partial charge is 0.394 e. The highest BCUT2D eigenvalue weighted by Crippen LogP contribution is 2.37. The molecule has 1 aliphatic carbocycles. The zero-order chi connectivity index (χ0) is 21.4. The SMILES string of the molecule is O=[S@@]1CCc2nc(N3CC=C(c4ncc(Cl)cn4)CC3)nc(NC3(CO)CCCC3)c21. The van der Waals surface area contributed by atoms with E-state index < -0.39 is 10.8 Å². The van der Waals surface area contributed by atoms with Gasteiger partial charge in [-0.1, -0.05) is 30.5 Å². The van der Waals surface area contributed by atoms with Crippen molar-refractivity contribution in [2.45, 2.75) is 49.0 Å². The van der Waals surface area contributed by atoms with E-state index in [1.165, 1.54) is 0 Å². The zero-order valence-corrected chi connectivity index (χ0v) is 18.8. The van der Waals surface area contributed by atoms with Crippen molar-refractivity contribution in [2.24, 2.45) is 0 Å². The lowest BCUT2D eigenvalue weighted by Gasteiger charge is -2.31. The van der Waals surface area contributed by atoms with Gasteiger partial charge in [0.25, 0.3) is 0 Å². The highest BCUT2D eigenvalue weighted by Gasteiger charge is 2.36. The third kappa shape index (κ3) is 4.06. The number of hydrogen-bond donors (Lipinski definition) is 2. The predicted octanol–water partition coefficient (Wildman–Crippen LogP) is 2.59. The molecular weight excluding hydrogens is 436 g/mol. The lowest BCUT2D eigenvalue weighted by atomic mass is 9.99. The summed E-state index contributed by atoms with van der Waals surface area (Å²) in [6.45, 7) is 1.43. The monoisotopic (exact) mass is 460 g/mol. The fourth-order valence-corrected chi connectivity index (χ4v) is 5.97. The molecule has 3 aliphatic rings. The lowest BCUT2D eigenvalue weighted by molar-refractivity contribution is 0.213. The van der Waals surface area contributed by atoms with E-state index in [4.69, 9.17) is 21.6 Å². The molecule has 0 spiro atoms. The van der Waals surface area contributed by atoms with Crippen molar-refractivity contribution in [3.63, 3.8) is 0 Å². The number of hydrogen-bond acceptors (Lipinski definition) is 8. The highest BCUT2D eigenvalue weighted by molar-refractivity contribution is 7.85. The van der Waals surface area contributed by atoms with Crippen molar-refractivity contribution in [1.29, 1.82) is 0 Å². The molecule has 1 saturated carbocycles. The van der Waals surface area contributed by atoms with Crippen LogP contribution in [-0.4, -0.2) is 60.2 Å². The fourth-order valence-electron chi connectivity index (χ4n) is 4.57. The normalized spacial score (nSPS) is 22.3. The van der Waals surface area contributed by atoms with Gasteiger partial charge >= 0.3 is 0 Å². The number of halogens is 1. The number of aromatic nitrogens is 4. The summed E-state index contributed by atoms with van der Waals surface area (Å²) in [6.07, 6.45) is 10.7. The number of nitrogens with one attached hydrogen (secondary N) is 1. The van der Waals surface area contributed by atoms with E-state index in [-0.39, 0.29) is 12.1 Å². The molecule has 0 unspecified atom stereocenters. The van der Waals surface area contributed by atoms with Gasteiger partial charge in [0.2, 0.25) is 5.95 Å². The highest BCUT2D eigenvalue weighted by atomic mass is 35.5. The maximum Gasteiger partial charge on any atom is 0.227 e. The summed E-state index contributed by atoms with van der Waals surface area (Å²) in [7, 11) is -1.10. The molecule has 4 heterocycles. The number of aliphatic hydroxyl groups is 1. The first-order chi connectivity index (χ1) is 15.1. The standard InChI is InChI=1S/C21H25ClN6O2S/c22-15-11-23-18(24-12-15)14-3-8-28(9-4-14)20-25-16-5-10-31(30)17(16)19(26-20)27-21(13-29)6-1-2-7-21/h3,11-12,29H,1-2,4-10,13H2,(H,25,26,27)/t31-/m1/s1. The Morgan fingerprint density at radius 2 is 1.97 bits per heavy atom. The van der Waals surface area contributed by atoms with Crippen LogP contribution in [0.25, 0.3) is 5.57 Å². The topological polar surface area (TPSA) is 104 Å². The third-order valence-corrected chi connectivity index (χ3v) is 7.98. The number of aryl methyl sites for hydroxylation is 1. The molecular formula is C21H25ClN6O2S. The minimum atomic E-state index is -1.10. The molecule has 0 aromatic carbocycles. The van der Waals surface area contributed by atoms with Crippen LogP contribution in [0.4, 0.5) is 11.8 Å². The molecule has 10 heteroatoms. The average molecular weight is 461 g/mol. The van der Waals surface area contributed by atoms with Crippen LogP contribution in [0.1, 0.15) is 43.6 Å². The fraction of sp³-hybridized carbons (Fsp3) is 0.524. The van der Waals surface area contributed by atoms with E-state index in [0.717, 1.165) is 49.9 Å². The van der Waals surface area contributed by atoms with E-state index >= 15 is 0 Å². The van der Waals surface area contributed by atoms with Gasteiger partial charge in [-0.15, -0.1) is 0 Å². The second-order valence-electron chi connectivity index (χ2n) is 8.37. The van der Waals surface area contributed by atoms with E-state index in [1.807, 2.05) is 0 Å². The molecule has 2 N–H and O–H groups in total. The van der Waals surface area contributed by atoms with Gasteiger partial charge in [-0.05, 0) is 24.8 Å². The summed E-state index contributed by atoms with van der Waals surface area (Å²) in [5.74, 6) is 2.54. The van der Waals surface area contributed by atoms with Gasteiger partial charge in [-0.25, -0.2) is 15.0 Å². The van der Waals surface area contributed by atoms with Crippen LogP contribution in [0.5, 0.6) is 0 Å². The Balaban J connectivity index is 1.42. The Morgan fingerprint density at radius 3 is 2.65 bits per heavy atom. The van der Waals surface area contributed by atoms with Gasteiger partial charge in [0.05, 0.1) is 33.7 Å². The average Bonchev–Trinajstić information content (AvgIpc) is 3.42. The Hall–Kier alpha value is -2.10. The number of fused-ring (bicyclic) bond motifs is 1. The van der Waals surface area contributed by atoms with Gasteiger partial charge in [0, 0.05) is 37.7 Å². The van der Waals surface area contributed by atoms with Crippen LogP contribution in [-0.2, 0) is 17.2 Å². The van der Waals surface area contributed by atoms with Crippen molar-refractivity contribution in [3.05, 3.63) is 35.0 Å². The molecule has 0 bridgehead atoms. The molecule has 5 rings (SSSR count). The summed E-state index contributed by atoms with van der Waals surface area (Å²) in [5.41, 5.74) is 1.55. The molecule has 2 aromatic heterocycles.